The van der Waals surface area contributed by atoms with E-state index in [4.69, 9.17) is 23.2 Å². The lowest BCUT2D eigenvalue weighted by atomic mass is 10.1. The van der Waals surface area contributed by atoms with Crippen molar-refractivity contribution in [3.63, 3.8) is 0 Å². The predicted molar refractivity (Wildman–Crippen MR) is 77.6 cm³/mol. The zero-order chi connectivity index (χ0) is 17.8. The second-order valence-electron chi connectivity index (χ2n) is 4.52. The Labute approximate surface area is 138 Å². The van der Waals surface area contributed by atoms with Crippen LogP contribution >= 0.6 is 23.2 Å². The van der Waals surface area contributed by atoms with Gasteiger partial charge in [0.25, 0.3) is 0 Å². The summed E-state index contributed by atoms with van der Waals surface area (Å²) >= 11 is 11.1. The van der Waals surface area contributed by atoms with Gasteiger partial charge in [0.05, 0.1) is 11.1 Å². The Morgan fingerprint density at radius 2 is 1.09 bits per heavy atom. The van der Waals surface area contributed by atoms with Crippen LogP contribution in [0.25, 0.3) is 0 Å². The lowest BCUT2D eigenvalue weighted by Crippen LogP contribution is -2.11. The van der Waals surface area contributed by atoms with E-state index in [0.29, 0.717) is 22.2 Å². The van der Waals surface area contributed by atoms with Gasteiger partial charge in [0, 0.05) is 10.0 Å². The third-order valence-electron chi connectivity index (χ3n) is 2.52. The first-order valence-electron chi connectivity index (χ1n) is 6.07. The number of benzene rings is 2. The number of alkyl halides is 6. The zero-order valence-corrected chi connectivity index (χ0v) is 13.1. The quantitative estimate of drug-likeness (QED) is 0.434. The van der Waals surface area contributed by atoms with Gasteiger partial charge < -0.3 is 0 Å². The molecule has 0 aliphatic carbocycles. The van der Waals surface area contributed by atoms with E-state index in [-0.39, 0.29) is 11.6 Å². The maximum absolute atomic E-state index is 12.2. The summed E-state index contributed by atoms with van der Waals surface area (Å²) in [5.41, 5.74) is -2.64. The smallest absolute Gasteiger partial charge is 0.166 e. The SMILES string of the molecule is Cc1cc(C(F)(F)F)cc(C(F)(F)F)c1.Clc1cccc(Cl)c1. The average molecular weight is 375 g/mol. The summed E-state index contributed by atoms with van der Waals surface area (Å²) in [5, 5.41) is 1.36. The Hall–Kier alpha value is -1.40. The van der Waals surface area contributed by atoms with Crippen LogP contribution in [0.4, 0.5) is 26.3 Å². The van der Waals surface area contributed by atoms with Gasteiger partial charge in [-0.25, -0.2) is 0 Å². The summed E-state index contributed by atoms with van der Waals surface area (Å²) in [6, 6.07) is 8.53. The molecule has 0 aliphatic heterocycles. The van der Waals surface area contributed by atoms with Crippen LogP contribution in [0.3, 0.4) is 0 Å². The molecular formula is C15H10Cl2F6. The molecule has 0 fully saturated rings. The standard InChI is InChI=1S/C9H6F6.C6H4Cl2/c1-5-2-6(8(10,11)12)4-7(3-5)9(13,14)15;7-5-2-1-3-6(8)4-5/h2-4H,1H3;1-4H. The molecule has 126 valence electrons. The highest BCUT2D eigenvalue weighted by atomic mass is 35.5. The highest BCUT2D eigenvalue weighted by Crippen LogP contribution is 2.36. The number of halogens is 8. The van der Waals surface area contributed by atoms with E-state index in [1.54, 1.807) is 18.2 Å². The normalized spacial score (nSPS) is 11.7. The first-order valence-corrected chi connectivity index (χ1v) is 6.82. The van der Waals surface area contributed by atoms with Crippen molar-refractivity contribution in [3.05, 3.63) is 69.2 Å². The first-order chi connectivity index (χ1) is 10.4. The Kier molecular flexibility index (Phi) is 6.36. The van der Waals surface area contributed by atoms with Crippen LogP contribution in [-0.4, -0.2) is 0 Å². The van der Waals surface area contributed by atoms with E-state index < -0.39 is 23.5 Å². The molecule has 0 atom stereocenters. The van der Waals surface area contributed by atoms with Crippen LogP contribution in [0.1, 0.15) is 16.7 Å². The topological polar surface area (TPSA) is 0 Å². The van der Waals surface area contributed by atoms with Gasteiger partial charge in [0.2, 0.25) is 0 Å². The Morgan fingerprint density at radius 1 is 0.696 bits per heavy atom. The largest absolute Gasteiger partial charge is 0.416 e. The minimum Gasteiger partial charge on any atom is -0.166 e. The highest BCUT2D eigenvalue weighted by molar-refractivity contribution is 6.34. The second-order valence-corrected chi connectivity index (χ2v) is 5.40. The van der Waals surface area contributed by atoms with E-state index in [1.807, 2.05) is 6.07 Å². The third-order valence-corrected chi connectivity index (χ3v) is 2.99. The molecule has 0 radical (unpaired) electrons. The summed E-state index contributed by atoms with van der Waals surface area (Å²) < 4.78 is 73.0. The van der Waals surface area contributed by atoms with E-state index in [1.165, 1.54) is 6.92 Å². The van der Waals surface area contributed by atoms with Gasteiger partial charge in [-0.2, -0.15) is 26.3 Å². The molecule has 0 bridgehead atoms. The fourth-order valence-electron chi connectivity index (χ4n) is 1.57. The summed E-state index contributed by atoms with van der Waals surface area (Å²) in [6.07, 6.45) is -9.52. The molecule has 0 heterocycles. The van der Waals surface area contributed by atoms with Crippen LogP contribution < -0.4 is 0 Å². The molecule has 0 saturated carbocycles. The van der Waals surface area contributed by atoms with Crippen molar-refractivity contribution in [2.45, 2.75) is 19.3 Å². The van der Waals surface area contributed by atoms with Crippen LogP contribution in [0.5, 0.6) is 0 Å². The van der Waals surface area contributed by atoms with Crippen LogP contribution in [0, 0.1) is 6.92 Å². The molecular weight excluding hydrogens is 365 g/mol. The van der Waals surface area contributed by atoms with Gasteiger partial charge in [-0.15, -0.1) is 0 Å². The van der Waals surface area contributed by atoms with Crippen molar-refractivity contribution in [2.24, 2.45) is 0 Å². The van der Waals surface area contributed by atoms with Gasteiger partial charge in [-0.1, -0.05) is 29.3 Å². The summed E-state index contributed by atoms with van der Waals surface area (Å²) in [6.45, 7) is 1.18. The van der Waals surface area contributed by atoms with Crippen LogP contribution in [0.15, 0.2) is 42.5 Å². The minimum absolute atomic E-state index is 0.0721. The van der Waals surface area contributed by atoms with Crippen LogP contribution in [0.2, 0.25) is 10.0 Å². The molecule has 0 saturated heterocycles. The number of hydrogen-bond donors (Lipinski definition) is 0. The number of rotatable bonds is 0. The van der Waals surface area contributed by atoms with Crippen molar-refractivity contribution in [3.8, 4) is 0 Å². The Balaban J connectivity index is 0.000000277. The van der Waals surface area contributed by atoms with Gasteiger partial charge in [-0.05, 0) is 48.9 Å². The lowest BCUT2D eigenvalue weighted by Gasteiger charge is -2.12. The molecule has 8 heteroatoms. The fraction of sp³-hybridized carbons (Fsp3) is 0.200. The van der Waals surface area contributed by atoms with Gasteiger partial charge in [0.1, 0.15) is 0 Å². The maximum atomic E-state index is 12.2. The molecule has 0 unspecified atom stereocenters. The van der Waals surface area contributed by atoms with E-state index >= 15 is 0 Å². The molecule has 0 nitrogen and oxygen atoms in total. The molecule has 2 aromatic carbocycles. The van der Waals surface area contributed by atoms with E-state index in [0.717, 1.165) is 0 Å². The third kappa shape index (κ3) is 6.71. The van der Waals surface area contributed by atoms with E-state index in [2.05, 4.69) is 0 Å². The Bertz CT molecular complexity index is 612. The molecule has 0 N–H and O–H groups in total. The molecule has 0 aromatic heterocycles. The molecule has 2 rings (SSSR count). The zero-order valence-electron chi connectivity index (χ0n) is 11.6. The predicted octanol–water partition coefficient (Wildman–Crippen LogP) is 7.03. The number of aryl methyl sites for hydroxylation is 1. The summed E-state index contributed by atoms with van der Waals surface area (Å²) in [5.74, 6) is 0. The van der Waals surface area contributed by atoms with Gasteiger partial charge in [0.15, 0.2) is 0 Å². The lowest BCUT2D eigenvalue weighted by molar-refractivity contribution is -0.143. The minimum atomic E-state index is -4.76. The summed E-state index contributed by atoms with van der Waals surface area (Å²) in [7, 11) is 0. The average Bonchev–Trinajstić information content (AvgIpc) is 2.36. The highest BCUT2D eigenvalue weighted by Gasteiger charge is 2.36. The fourth-order valence-corrected chi connectivity index (χ4v) is 2.01. The van der Waals surface area contributed by atoms with Crippen molar-refractivity contribution in [2.75, 3.05) is 0 Å². The van der Waals surface area contributed by atoms with Crippen LogP contribution in [-0.2, 0) is 12.4 Å². The number of hydrogen-bond acceptors (Lipinski definition) is 0. The molecule has 2 aromatic rings. The monoisotopic (exact) mass is 374 g/mol. The van der Waals surface area contributed by atoms with Gasteiger partial charge >= 0.3 is 12.4 Å². The van der Waals surface area contributed by atoms with Crippen molar-refractivity contribution in [1.82, 2.24) is 0 Å². The molecule has 0 aliphatic rings. The Morgan fingerprint density at radius 3 is 1.35 bits per heavy atom. The first kappa shape index (κ1) is 19.6. The van der Waals surface area contributed by atoms with Gasteiger partial charge in [-0.3, -0.25) is 0 Å². The van der Waals surface area contributed by atoms with Crippen molar-refractivity contribution < 1.29 is 26.3 Å². The molecule has 0 spiro atoms. The van der Waals surface area contributed by atoms with E-state index in [9.17, 15) is 26.3 Å². The van der Waals surface area contributed by atoms with Crippen molar-refractivity contribution >= 4 is 23.2 Å². The second kappa shape index (κ2) is 7.45. The summed E-state index contributed by atoms with van der Waals surface area (Å²) in [4.78, 5) is 0. The molecule has 0 amide bonds. The molecule has 23 heavy (non-hydrogen) atoms. The maximum Gasteiger partial charge on any atom is 0.416 e. The van der Waals surface area contributed by atoms with Crippen molar-refractivity contribution in [1.29, 1.82) is 0 Å².